The monoisotopic (exact) mass is 491 g/mol. The van der Waals surface area contributed by atoms with Gasteiger partial charge in [-0.1, -0.05) is 18.2 Å². The largest absolute Gasteiger partial charge is 0.486 e. The highest BCUT2D eigenvalue weighted by molar-refractivity contribution is 9.10. The summed E-state index contributed by atoms with van der Waals surface area (Å²) in [6.07, 6.45) is 7.11. The number of ether oxygens (including phenoxy) is 1. The zero-order valence-corrected chi connectivity index (χ0v) is 19.0. The first-order valence-electron chi connectivity index (χ1n) is 10.5. The van der Waals surface area contributed by atoms with Gasteiger partial charge in [-0.3, -0.25) is 9.48 Å². The van der Waals surface area contributed by atoms with Crippen LogP contribution in [0.2, 0.25) is 0 Å². The van der Waals surface area contributed by atoms with Crippen LogP contribution >= 0.6 is 15.9 Å². The molecular weight excluding hydrogens is 470 g/mol. The molecule has 0 radical (unpaired) electrons. The van der Waals surface area contributed by atoms with Crippen molar-refractivity contribution in [3.63, 3.8) is 0 Å². The molecule has 0 saturated heterocycles. The maximum atomic E-state index is 12.6. The lowest BCUT2D eigenvalue weighted by molar-refractivity contribution is 0.0992. The van der Waals surface area contributed by atoms with Crippen molar-refractivity contribution in [2.24, 2.45) is 0 Å². The minimum absolute atomic E-state index is 0.249. The molecule has 0 bridgehead atoms. The van der Waals surface area contributed by atoms with Crippen LogP contribution in [0.3, 0.4) is 0 Å². The molecule has 162 valence electrons. The van der Waals surface area contributed by atoms with E-state index < -0.39 is 0 Å². The lowest BCUT2D eigenvalue weighted by Crippen LogP contribution is -2.11. The maximum Gasteiger partial charge on any atom is 0.291 e. The Morgan fingerprint density at radius 3 is 2.91 bits per heavy atom. The average Bonchev–Trinajstić information content (AvgIpc) is 3.53. The third-order valence-corrected chi connectivity index (χ3v) is 5.88. The molecule has 32 heavy (non-hydrogen) atoms. The number of furan rings is 1. The molecule has 0 atom stereocenters. The van der Waals surface area contributed by atoms with E-state index in [0.717, 1.165) is 28.6 Å². The number of amides is 1. The Kier molecular flexibility index (Phi) is 5.81. The Hall–Kier alpha value is -3.32. The van der Waals surface area contributed by atoms with E-state index >= 15 is 0 Å². The van der Waals surface area contributed by atoms with E-state index in [0.29, 0.717) is 18.0 Å². The lowest BCUT2D eigenvalue weighted by atomic mass is 10.1. The van der Waals surface area contributed by atoms with Gasteiger partial charge in [0.2, 0.25) is 0 Å². The number of aromatic nitrogens is 2. The lowest BCUT2D eigenvalue weighted by Gasteiger charge is -2.07. The van der Waals surface area contributed by atoms with Gasteiger partial charge in [-0.05, 0) is 88.3 Å². The number of aryl methyl sites for hydroxylation is 2. The van der Waals surface area contributed by atoms with Gasteiger partial charge in [0, 0.05) is 11.9 Å². The van der Waals surface area contributed by atoms with E-state index in [4.69, 9.17) is 9.15 Å². The number of fused-ring (bicyclic) bond motifs is 1. The Labute approximate surface area is 194 Å². The van der Waals surface area contributed by atoms with Crippen LogP contribution in [0.25, 0.3) is 0 Å². The number of anilines is 1. The van der Waals surface area contributed by atoms with Crippen molar-refractivity contribution < 1.29 is 13.9 Å². The molecule has 2 aromatic heterocycles. The number of nitrogens with zero attached hydrogens (tertiary/aromatic N) is 2. The van der Waals surface area contributed by atoms with Crippen LogP contribution in [0, 0.1) is 0 Å². The van der Waals surface area contributed by atoms with Gasteiger partial charge in [-0.25, -0.2) is 0 Å². The number of halogens is 1. The van der Waals surface area contributed by atoms with Gasteiger partial charge < -0.3 is 14.5 Å². The van der Waals surface area contributed by atoms with Crippen LogP contribution in [0.5, 0.6) is 5.75 Å². The summed E-state index contributed by atoms with van der Waals surface area (Å²) in [6, 6.07) is 17.3. The van der Waals surface area contributed by atoms with Crippen molar-refractivity contribution >= 4 is 27.5 Å². The molecule has 1 N–H and O–H groups in total. The third kappa shape index (κ3) is 4.78. The Balaban J connectivity index is 1.19. The molecule has 0 unspecified atom stereocenters. The molecule has 1 aliphatic rings. The summed E-state index contributed by atoms with van der Waals surface area (Å²) in [5.74, 6) is 1.38. The molecule has 0 spiro atoms. The fraction of sp³-hybridized carbons (Fsp3) is 0.200. The Bertz CT molecular complexity index is 1260. The Morgan fingerprint density at radius 2 is 2.03 bits per heavy atom. The minimum atomic E-state index is -0.298. The summed E-state index contributed by atoms with van der Waals surface area (Å²) in [7, 11) is 0. The molecule has 5 rings (SSSR count). The smallest absolute Gasteiger partial charge is 0.291 e. The topological polar surface area (TPSA) is 69.3 Å². The van der Waals surface area contributed by atoms with Gasteiger partial charge in [0.05, 0.1) is 17.2 Å². The van der Waals surface area contributed by atoms with E-state index in [1.807, 2.05) is 41.2 Å². The Morgan fingerprint density at radius 1 is 1.12 bits per heavy atom. The molecule has 2 aromatic carbocycles. The zero-order chi connectivity index (χ0) is 21.9. The molecule has 2 heterocycles. The van der Waals surface area contributed by atoms with Gasteiger partial charge in [0.25, 0.3) is 5.91 Å². The second-order valence-corrected chi connectivity index (χ2v) is 8.77. The molecule has 1 amide bonds. The van der Waals surface area contributed by atoms with Crippen LogP contribution in [-0.4, -0.2) is 15.7 Å². The van der Waals surface area contributed by atoms with Gasteiger partial charge in [0.15, 0.2) is 5.76 Å². The minimum Gasteiger partial charge on any atom is -0.486 e. The number of hydrogen-bond donors (Lipinski definition) is 1. The number of carbonyl (C=O) groups is 1. The van der Waals surface area contributed by atoms with Gasteiger partial charge in [0.1, 0.15) is 18.1 Å². The van der Waals surface area contributed by atoms with Crippen molar-refractivity contribution in [3.05, 3.63) is 99.7 Å². The highest BCUT2D eigenvalue weighted by Crippen LogP contribution is 2.26. The van der Waals surface area contributed by atoms with Crippen molar-refractivity contribution in [1.82, 2.24) is 9.78 Å². The first-order valence-corrected chi connectivity index (χ1v) is 11.3. The summed E-state index contributed by atoms with van der Waals surface area (Å²) in [5, 5.41) is 7.16. The molecule has 6 nitrogen and oxygen atoms in total. The molecule has 0 fully saturated rings. The average molecular weight is 492 g/mol. The van der Waals surface area contributed by atoms with Gasteiger partial charge in [-0.15, -0.1) is 0 Å². The van der Waals surface area contributed by atoms with Crippen LogP contribution in [0.15, 0.2) is 75.9 Å². The van der Waals surface area contributed by atoms with Crippen LogP contribution < -0.4 is 10.1 Å². The van der Waals surface area contributed by atoms with Crippen molar-refractivity contribution in [1.29, 1.82) is 0 Å². The predicted octanol–water partition coefficient (Wildman–Crippen LogP) is 5.61. The van der Waals surface area contributed by atoms with Crippen LogP contribution in [-0.2, 0) is 26.0 Å². The summed E-state index contributed by atoms with van der Waals surface area (Å²) < 4.78 is 14.3. The summed E-state index contributed by atoms with van der Waals surface area (Å²) in [5.41, 5.74) is 4.51. The van der Waals surface area contributed by atoms with Gasteiger partial charge in [-0.2, -0.15) is 5.10 Å². The van der Waals surface area contributed by atoms with Crippen molar-refractivity contribution in [2.75, 3.05) is 5.32 Å². The van der Waals surface area contributed by atoms with Crippen molar-refractivity contribution in [3.8, 4) is 5.75 Å². The van der Waals surface area contributed by atoms with E-state index in [-0.39, 0.29) is 18.3 Å². The third-order valence-electron chi connectivity index (χ3n) is 5.47. The fourth-order valence-corrected chi connectivity index (χ4v) is 4.25. The van der Waals surface area contributed by atoms with E-state index in [1.165, 1.54) is 17.5 Å². The molecule has 7 heteroatoms. The summed E-state index contributed by atoms with van der Waals surface area (Å²) in [6.45, 7) is 0.890. The predicted molar refractivity (Wildman–Crippen MR) is 125 cm³/mol. The normalized spacial score (nSPS) is 12.5. The number of hydrogen-bond acceptors (Lipinski definition) is 4. The standard InChI is InChI=1S/C25H22BrN3O3/c26-20-13-27-29(15-20)14-17-3-1-6-21(11-17)28-25(30)24-10-9-23(32-24)16-31-22-8-7-18-4-2-5-19(18)12-22/h1,3,6-13,15H,2,4-5,14,16H2,(H,28,30). The number of carbonyl (C=O) groups excluding carboxylic acids is 1. The fourth-order valence-electron chi connectivity index (χ4n) is 3.92. The van der Waals surface area contributed by atoms with Crippen LogP contribution in [0.1, 0.15) is 39.4 Å². The molecule has 4 aromatic rings. The highest BCUT2D eigenvalue weighted by atomic mass is 79.9. The molecule has 0 saturated carbocycles. The summed E-state index contributed by atoms with van der Waals surface area (Å²) >= 11 is 3.40. The second-order valence-electron chi connectivity index (χ2n) is 7.85. The SMILES string of the molecule is O=C(Nc1cccc(Cn2cc(Br)cn2)c1)c1ccc(COc2ccc3c(c2)CCC3)o1. The van der Waals surface area contributed by atoms with Crippen molar-refractivity contribution in [2.45, 2.75) is 32.4 Å². The number of benzene rings is 2. The van der Waals surface area contributed by atoms with E-state index in [9.17, 15) is 4.79 Å². The number of rotatable bonds is 7. The van der Waals surface area contributed by atoms with E-state index in [2.05, 4.69) is 38.5 Å². The number of nitrogens with one attached hydrogen (secondary N) is 1. The molecule has 0 aliphatic heterocycles. The maximum absolute atomic E-state index is 12.6. The first-order chi connectivity index (χ1) is 15.6. The second kappa shape index (κ2) is 9.04. The zero-order valence-electron chi connectivity index (χ0n) is 17.4. The van der Waals surface area contributed by atoms with Crippen LogP contribution in [0.4, 0.5) is 5.69 Å². The first kappa shape index (κ1) is 20.6. The molecule has 1 aliphatic carbocycles. The highest BCUT2D eigenvalue weighted by Gasteiger charge is 2.14. The summed E-state index contributed by atoms with van der Waals surface area (Å²) in [4.78, 5) is 12.6. The quantitative estimate of drug-likeness (QED) is 0.364. The van der Waals surface area contributed by atoms with E-state index in [1.54, 1.807) is 18.3 Å². The molecular formula is C25H22BrN3O3. The van der Waals surface area contributed by atoms with Gasteiger partial charge >= 0.3 is 0 Å².